The summed E-state index contributed by atoms with van der Waals surface area (Å²) in [5.41, 5.74) is 12.8. The third-order valence-corrected chi connectivity index (χ3v) is 12.0. The summed E-state index contributed by atoms with van der Waals surface area (Å²) in [6.45, 7) is 1.01. The number of rotatable bonds is 7. The highest BCUT2D eigenvalue weighted by atomic mass is 32.2. The fourth-order valence-corrected chi connectivity index (χ4v) is 8.21. The van der Waals surface area contributed by atoms with Gasteiger partial charge in [-0.2, -0.15) is 13.2 Å². The van der Waals surface area contributed by atoms with Crippen molar-refractivity contribution in [2.75, 3.05) is 49.3 Å². The number of aromatic nitrogens is 4. The summed E-state index contributed by atoms with van der Waals surface area (Å²) in [5, 5.41) is 3.06. The number of carbonyl (C=O) groups is 2. The van der Waals surface area contributed by atoms with Gasteiger partial charge in [-0.1, -0.05) is 36.4 Å². The number of nitrogens with one attached hydrogen (secondary N) is 1. The molecule has 2 saturated heterocycles. The minimum Gasteiger partial charge on any atom is -0.382 e. The molecule has 13 nitrogen and oxygen atoms in total. The van der Waals surface area contributed by atoms with Crippen LogP contribution in [0, 0.1) is 11.6 Å². The number of nitrogens with two attached hydrogens (primary N) is 2. The molecule has 0 spiro atoms. The first kappa shape index (κ1) is 44.2. The fourth-order valence-electron chi connectivity index (χ4n) is 7.01. The number of benzene rings is 4. The molecule has 0 aliphatic carbocycles. The van der Waals surface area contributed by atoms with Gasteiger partial charge in [0.15, 0.2) is 9.84 Å². The second kappa shape index (κ2) is 18.6. The van der Waals surface area contributed by atoms with Crippen molar-refractivity contribution >= 4 is 33.3 Å². The van der Waals surface area contributed by atoms with Crippen molar-refractivity contribution in [2.24, 2.45) is 0 Å². The van der Waals surface area contributed by atoms with Crippen LogP contribution in [-0.2, 0) is 20.8 Å². The number of hydrogen-bond donors (Lipinski definition) is 3. The van der Waals surface area contributed by atoms with Gasteiger partial charge in [-0.3, -0.25) is 19.6 Å². The molecule has 0 atom stereocenters. The number of sulfone groups is 1. The number of halogens is 5. The first-order valence-corrected chi connectivity index (χ1v) is 21.3. The topological polar surface area (TPSA) is 196 Å². The Kier molecular flexibility index (Phi) is 13.1. The molecule has 4 heterocycles. The molecular weight excluding hydrogens is 848 g/mol. The molecule has 2 aromatic heterocycles. The minimum atomic E-state index is -4.71. The van der Waals surface area contributed by atoms with E-state index in [0.29, 0.717) is 47.2 Å². The van der Waals surface area contributed by atoms with Gasteiger partial charge in [0.1, 0.15) is 23.3 Å². The third kappa shape index (κ3) is 10.6. The molecule has 326 valence electrons. The van der Waals surface area contributed by atoms with E-state index in [1.807, 2.05) is 12.1 Å². The monoisotopic (exact) mass is 886 g/mol. The summed E-state index contributed by atoms with van der Waals surface area (Å²) < 4.78 is 98.5. The van der Waals surface area contributed by atoms with E-state index < -0.39 is 39.1 Å². The third-order valence-electron chi connectivity index (χ3n) is 10.4. The molecule has 0 saturated carbocycles. The van der Waals surface area contributed by atoms with E-state index in [-0.39, 0.29) is 76.1 Å². The minimum absolute atomic E-state index is 0.0836. The molecule has 5 N–H and O–H groups in total. The van der Waals surface area contributed by atoms with Crippen LogP contribution in [0.2, 0.25) is 0 Å². The van der Waals surface area contributed by atoms with Crippen molar-refractivity contribution in [1.29, 1.82) is 0 Å². The van der Waals surface area contributed by atoms with Crippen LogP contribution in [0.5, 0.6) is 0 Å². The highest BCUT2D eigenvalue weighted by Crippen LogP contribution is 2.36. The molecule has 0 radical (unpaired) electrons. The van der Waals surface area contributed by atoms with Crippen molar-refractivity contribution in [1.82, 2.24) is 30.2 Å². The summed E-state index contributed by atoms with van der Waals surface area (Å²) in [6, 6.07) is 18.7. The molecule has 2 aliphatic rings. The lowest BCUT2D eigenvalue weighted by atomic mass is 9.95. The maximum absolute atomic E-state index is 14.9. The maximum atomic E-state index is 14.9. The number of carbonyl (C=O) groups excluding carboxylic acids is 2. The predicted octanol–water partition coefficient (Wildman–Crippen LogP) is 6.86. The maximum Gasteiger partial charge on any atom is 0.416 e. The molecule has 0 bridgehead atoms. The van der Waals surface area contributed by atoms with E-state index in [1.165, 1.54) is 47.9 Å². The fraction of sp³-hybridized carbons (Fsp3) is 0.227. The van der Waals surface area contributed by atoms with Crippen molar-refractivity contribution in [3.8, 4) is 44.8 Å². The van der Waals surface area contributed by atoms with Crippen LogP contribution in [0.1, 0.15) is 39.1 Å². The van der Waals surface area contributed by atoms with Gasteiger partial charge in [-0.05, 0) is 77.6 Å². The Labute approximate surface area is 358 Å². The van der Waals surface area contributed by atoms with Crippen molar-refractivity contribution in [2.45, 2.75) is 25.1 Å². The standard InChI is InChI=1S/C22H18F4N4O3S.C22H21FN4O2/c23-18-9-13(1-3-16(18)19-11-29-20(27)12-28-19)15-4-2-14(22(24,25)26)10-17(15)21(31)30-5-7-34(32,33)8-6-30;23-19-11-14(5-6-18(19)20-12-26-21(24)13-25-20)16-3-1-2-4-17(16)22(28)27-15-7-9-29-10-8-15/h1-4,9-12H,5-8H2,(H2,27,29);1-6,11-13,15H,7-10H2,(H2,24,26)(H,27,28). The zero-order chi connectivity index (χ0) is 44.9. The van der Waals surface area contributed by atoms with E-state index in [1.54, 1.807) is 24.3 Å². The van der Waals surface area contributed by atoms with Crippen LogP contribution in [0.25, 0.3) is 44.8 Å². The molecule has 2 amide bonds. The van der Waals surface area contributed by atoms with Crippen LogP contribution in [0.3, 0.4) is 0 Å². The van der Waals surface area contributed by atoms with Gasteiger partial charge >= 0.3 is 6.18 Å². The number of alkyl halides is 3. The molecule has 4 aromatic carbocycles. The Morgan fingerprint density at radius 3 is 1.71 bits per heavy atom. The van der Waals surface area contributed by atoms with Gasteiger partial charge in [0, 0.05) is 54.6 Å². The van der Waals surface area contributed by atoms with E-state index in [0.717, 1.165) is 31.0 Å². The Morgan fingerprint density at radius 2 is 1.21 bits per heavy atom. The van der Waals surface area contributed by atoms with Gasteiger partial charge in [0.25, 0.3) is 11.8 Å². The lowest BCUT2D eigenvalue weighted by Gasteiger charge is -2.28. The second-order valence-corrected chi connectivity index (χ2v) is 17.0. The van der Waals surface area contributed by atoms with Crippen LogP contribution >= 0.6 is 0 Å². The van der Waals surface area contributed by atoms with Crippen molar-refractivity contribution in [3.05, 3.63) is 132 Å². The smallest absolute Gasteiger partial charge is 0.382 e. The van der Waals surface area contributed by atoms with E-state index in [2.05, 4.69) is 25.3 Å². The van der Waals surface area contributed by atoms with Gasteiger partial charge < -0.3 is 26.4 Å². The number of anilines is 2. The van der Waals surface area contributed by atoms with Crippen LogP contribution < -0.4 is 16.8 Å². The molecule has 2 aliphatic heterocycles. The summed E-state index contributed by atoms with van der Waals surface area (Å²) in [6.07, 6.45) is 2.24. The summed E-state index contributed by atoms with van der Waals surface area (Å²) >= 11 is 0. The predicted molar refractivity (Wildman–Crippen MR) is 225 cm³/mol. The normalized spacial score (nSPS) is 15.2. The zero-order valence-electron chi connectivity index (χ0n) is 33.3. The average Bonchev–Trinajstić information content (AvgIpc) is 3.27. The Balaban J connectivity index is 0.000000191. The number of nitrogens with zero attached hydrogens (tertiary/aromatic N) is 5. The molecule has 63 heavy (non-hydrogen) atoms. The van der Waals surface area contributed by atoms with Gasteiger partial charge in [0.2, 0.25) is 0 Å². The quantitative estimate of drug-likeness (QED) is 0.142. The first-order valence-electron chi connectivity index (χ1n) is 19.5. The van der Waals surface area contributed by atoms with Gasteiger partial charge in [-0.25, -0.2) is 27.2 Å². The molecule has 6 aromatic rings. The molecular formula is C44H39F5N8O5S. The van der Waals surface area contributed by atoms with Crippen LogP contribution in [0.15, 0.2) is 104 Å². The van der Waals surface area contributed by atoms with Crippen LogP contribution in [0.4, 0.5) is 33.6 Å². The highest BCUT2D eigenvalue weighted by Gasteiger charge is 2.34. The second-order valence-electron chi connectivity index (χ2n) is 14.7. The SMILES string of the molecule is Nc1cnc(-c2ccc(-c3ccc(C(F)(F)F)cc3C(=O)N3CCS(=O)(=O)CC3)cc2F)cn1.Nc1cnc(-c2ccc(-c3ccccc3C(=O)NC3CCOCC3)cc2F)cn1. The molecule has 8 rings (SSSR count). The largest absolute Gasteiger partial charge is 0.416 e. The van der Waals surface area contributed by atoms with E-state index in [4.69, 9.17) is 16.2 Å². The zero-order valence-corrected chi connectivity index (χ0v) is 34.1. The van der Waals surface area contributed by atoms with Gasteiger partial charge in [-0.15, -0.1) is 0 Å². The van der Waals surface area contributed by atoms with Crippen LogP contribution in [-0.4, -0.2) is 88.9 Å². The first-order chi connectivity index (χ1) is 30.1. The molecule has 19 heteroatoms. The summed E-state index contributed by atoms with van der Waals surface area (Å²) in [5.74, 6) is -2.22. The molecule has 2 fully saturated rings. The number of ether oxygens (including phenoxy) is 1. The van der Waals surface area contributed by atoms with Crippen molar-refractivity contribution in [3.63, 3.8) is 0 Å². The van der Waals surface area contributed by atoms with E-state index >= 15 is 0 Å². The average molecular weight is 887 g/mol. The number of nitrogen functional groups attached to an aromatic ring is 2. The Hall–Kier alpha value is -6.86. The summed E-state index contributed by atoms with van der Waals surface area (Å²) in [4.78, 5) is 43.1. The highest BCUT2D eigenvalue weighted by molar-refractivity contribution is 7.91. The van der Waals surface area contributed by atoms with Crippen molar-refractivity contribution < 1.29 is 44.7 Å². The lowest BCUT2D eigenvalue weighted by Crippen LogP contribution is -2.43. The Bertz CT molecular complexity index is 2740. The Morgan fingerprint density at radius 1 is 0.683 bits per heavy atom. The lowest BCUT2D eigenvalue weighted by molar-refractivity contribution is -0.137. The number of amides is 2. The summed E-state index contributed by atoms with van der Waals surface area (Å²) in [7, 11) is -3.31. The molecule has 0 unspecified atom stereocenters. The van der Waals surface area contributed by atoms with Gasteiger partial charge in [0.05, 0.1) is 53.2 Å². The number of hydrogen-bond acceptors (Lipinski definition) is 11. The van der Waals surface area contributed by atoms with E-state index in [9.17, 15) is 40.0 Å².